The lowest BCUT2D eigenvalue weighted by Gasteiger charge is -2.55. The quantitative estimate of drug-likeness (QED) is 0.676. The molecule has 27 heavy (non-hydrogen) atoms. The molecule has 1 saturated carbocycles. The van der Waals surface area contributed by atoms with Gasteiger partial charge in [0.05, 0.1) is 5.60 Å². The van der Waals surface area contributed by atoms with Crippen molar-refractivity contribution in [1.29, 1.82) is 0 Å². The van der Waals surface area contributed by atoms with E-state index in [1.54, 1.807) is 6.07 Å². The number of hydrogen-bond donors (Lipinski definition) is 3. The minimum Gasteiger partial charge on any atom is -0.508 e. The molecular formula is C24H31NO2. The van der Waals surface area contributed by atoms with Crippen molar-refractivity contribution in [3.63, 3.8) is 0 Å². The summed E-state index contributed by atoms with van der Waals surface area (Å²) in [4.78, 5) is 0. The molecule has 1 fully saturated rings. The number of aromatic hydroxyl groups is 1. The highest BCUT2D eigenvalue weighted by Gasteiger charge is 2.54. The van der Waals surface area contributed by atoms with E-state index in [4.69, 9.17) is 0 Å². The van der Waals surface area contributed by atoms with Gasteiger partial charge in [-0.25, -0.2) is 0 Å². The van der Waals surface area contributed by atoms with E-state index in [-0.39, 0.29) is 5.41 Å². The van der Waals surface area contributed by atoms with Gasteiger partial charge in [-0.1, -0.05) is 49.2 Å². The van der Waals surface area contributed by atoms with Crippen LogP contribution in [0, 0.1) is 0 Å². The van der Waals surface area contributed by atoms with E-state index in [1.807, 2.05) is 6.07 Å². The van der Waals surface area contributed by atoms with Gasteiger partial charge in [0.2, 0.25) is 0 Å². The molecule has 2 unspecified atom stereocenters. The van der Waals surface area contributed by atoms with Crippen LogP contribution in [0.2, 0.25) is 0 Å². The SMILES string of the molecule is Oc1ccc2c(c1)C1(CCNCCc3ccccc3)CCCCC1(O)CC2. The summed E-state index contributed by atoms with van der Waals surface area (Å²) in [6.45, 7) is 1.84. The van der Waals surface area contributed by atoms with Gasteiger partial charge < -0.3 is 15.5 Å². The summed E-state index contributed by atoms with van der Waals surface area (Å²) in [5.74, 6) is 0.319. The molecule has 0 heterocycles. The number of hydrogen-bond acceptors (Lipinski definition) is 3. The van der Waals surface area contributed by atoms with E-state index in [1.165, 1.54) is 16.7 Å². The molecule has 144 valence electrons. The summed E-state index contributed by atoms with van der Waals surface area (Å²) < 4.78 is 0. The topological polar surface area (TPSA) is 52.5 Å². The predicted molar refractivity (Wildman–Crippen MR) is 109 cm³/mol. The van der Waals surface area contributed by atoms with Gasteiger partial charge in [0.1, 0.15) is 5.75 Å². The van der Waals surface area contributed by atoms with E-state index in [2.05, 4.69) is 41.7 Å². The maximum Gasteiger partial charge on any atom is 0.115 e. The molecule has 2 aromatic rings. The number of phenolic OH excluding ortho intramolecular Hbond substituents is 1. The van der Waals surface area contributed by atoms with Crippen molar-refractivity contribution in [2.75, 3.05) is 13.1 Å². The molecular weight excluding hydrogens is 334 g/mol. The molecule has 2 aromatic carbocycles. The Kier molecular flexibility index (Phi) is 5.25. The molecule has 2 atom stereocenters. The van der Waals surface area contributed by atoms with Crippen molar-refractivity contribution >= 4 is 0 Å². The molecule has 2 aliphatic carbocycles. The average molecular weight is 366 g/mol. The van der Waals surface area contributed by atoms with E-state index in [0.717, 1.165) is 64.5 Å². The molecule has 0 amide bonds. The molecule has 0 saturated heterocycles. The number of aryl methyl sites for hydroxylation is 1. The first kappa shape index (κ1) is 18.5. The second-order valence-corrected chi connectivity index (χ2v) is 8.40. The Balaban J connectivity index is 1.48. The summed E-state index contributed by atoms with van der Waals surface area (Å²) in [7, 11) is 0. The first-order valence-corrected chi connectivity index (χ1v) is 10.4. The van der Waals surface area contributed by atoms with Gasteiger partial charge in [0.15, 0.2) is 0 Å². The highest BCUT2D eigenvalue weighted by Crippen LogP contribution is 2.55. The minimum atomic E-state index is -0.632. The molecule has 0 aliphatic heterocycles. The third kappa shape index (κ3) is 3.51. The fourth-order valence-corrected chi connectivity index (χ4v) is 5.43. The molecule has 0 radical (unpaired) electrons. The Hall–Kier alpha value is -1.84. The summed E-state index contributed by atoms with van der Waals surface area (Å²) in [6, 6.07) is 16.3. The van der Waals surface area contributed by atoms with Crippen LogP contribution in [-0.4, -0.2) is 28.9 Å². The standard InChI is InChI=1S/C24H31NO2/c26-21-9-8-20-10-14-24(27)13-5-4-12-23(24,22(20)18-21)15-17-25-16-11-19-6-2-1-3-7-19/h1-3,6-9,18,25-27H,4-5,10-17H2. The van der Waals surface area contributed by atoms with E-state index < -0.39 is 5.60 Å². The number of phenols is 1. The zero-order valence-electron chi connectivity index (χ0n) is 16.1. The van der Waals surface area contributed by atoms with Gasteiger partial charge >= 0.3 is 0 Å². The number of nitrogens with one attached hydrogen (secondary N) is 1. The number of rotatable bonds is 6. The summed E-state index contributed by atoms with van der Waals surface area (Å²) in [5, 5.41) is 25.3. The molecule has 0 bridgehead atoms. The Morgan fingerprint density at radius 1 is 0.926 bits per heavy atom. The van der Waals surface area contributed by atoms with Crippen LogP contribution in [0.4, 0.5) is 0 Å². The first-order chi connectivity index (χ1) is 13.1. The Bertz CT molecular complexity index is 775. The monoisotopic (exact) mass is 365 g/mol. The van der Waals surface area contributed by atoms with Crippen LogP contribution in [0.1, 0.15) is 55.2 Å². The van der Waals surface area contributed by atoms with Crippen LogP contribution < -0.4 is 5.32 Å². The van der Waals surface area contributed by atoms with Crippen molar-refractivity contribution in [3.05, 3.63) is 65.2 Å². The van der Waals surface area contributed by atoms with Gasteiger partial charge in [0, 0.05) is 5.41 Å². The molecule has 2 aliphatic rings. The lowest BCUT2D eigenvalue weighted by molar-refractivity contribution is -0.0869. The number of fused-ring (bicyclic) bond motifs is 3. The van der Waals surface area contributed by atoms with Crippen LogP contribution in [0.25, 0.3) is 0 Å². The normalized spacial score (nSPS) is 27.0. The van der Waals surface area contributed by atoms with Crippen LogP contribution in [0.15, 0.2) is 48.5 Å². The largest absolute Gasteiger partial charge is 0.508 e. The third-order valence-electron chi connectivity index (χ3n) is 6.91. The number of aliphatic hydroxyl groups is 1. The van der Waals surface area contributed by atoms with Crippen molar-refractivity contribution in [1.82, 2.24) is 5.32 Å². The third-order valence-corrected chi connectivity index (χ3v) is 6.91. The lowest BCUT2D eigenvalue weighted by Crippen LogP contribution is -2.57. The van der Waals surface area contributed by atoms with E-state index in [9.17, 15) is 10.2 Å². The lowest BCUT2D eigenvalue weighted by atomic mass is 9.53. The van der Waals surface area contributed by atoms with Crippen LogP contribution in [0.3, 0.4) is 0 Å². The van der Waals surface area contributed by atoms with Crippen LogP contribution in [-0.2, 0) is 18.3 Å². The average Bonchev–Trinajstić information content (AvgIpc) is 2.69. The van der Waals surface area contributed by atoms with Crippen LogP contribution in [0.5, 0.6) is 5.75 Å². The smallest absolute Gasteiger partial charge is 0.115 e. The minimum absolute atomic E-state index is 0.225. The second kappa shape index (κ2) is 7.65. The molecule has 4 rings (SSSR count). The second-order valence-electron chi connectivity index (χ2n) is 8.40. The van der Waals surface area contributed by atoms with Crippen molar-refractivity contribution < 1.29 is 10.2 Å². The van der Waals surface area contributed by atoms with Gasteiger partial charge in [-0.05, 0) is 80.4 Å². The summed E-state index contributed by atoms with van der Waals surface area (Å²) >= 11 is 0. The van der Waals surface area contributed by atoms with Crippen LogP contribution >= 0.6 is 0 Å². The van der Waals surface area contributed by atoms with Crippen molar-refractivity contribution in [2.45, 2.75) is 62.4 Å². The molecule has 3 nitrogen and oxygen atoms in total. The van der Waals surface area contributed by atoms with Gasteiger partial charge in [-0.3, -0.25) is 0 Å². The van der Waals surface area contributed by atoms with Gasteiger partial charge in [-0.2, -0.15) is 0 Å². The fourth-order valence-electron chi connectivity index (χ4n) is 5.43. The Labute approximate surface area is 162 Å². The number of benzene rings is 2. The molecule has 3 N–H and O–H groups in total. The summed E-state index contributed by atoms with van der Waals surface area (Å²) in [6.07, 6.45) is 7.86. The fraction of sp³-hybridized carbons (Fsp3) is 0.500. The zero-order valence-corrected chi connectivity index (χ0v) is 16.1. The maximum atomic E-state index is 11.6. The van der Waals surface area contributed by atoms with E-state index >= 15 is 0 Å². The predicted octanol–water partition coefficient (Wildman–Crippen LogP) is 4.10. The first-order valence-electron chi connectivity index (χ1n) is 10.4. The molecule has 3 heteroatoms. The molecule has 0 spiro atoms. The maximum absolute atomic E-state index is 11.6. The van der Waals surface area contributed by atoms with E-state index in [0.29, 0.717) is 5.75 Å². The van der Waals surface area contributed by atoms with Gasteiger partial charge in [0.25, 0.3) is 0 Å². The molecule has 0 aromatic heterocycles. The van der Waals surface area contributed by atoms with Crippen molar-refractivity contribution in [2.24, 2.45) is 0 Å². The Morgan fingerprint density at radius 3 is 2.59 bits per heavy atom. The van der Waals surface area contributed by atoms with Gasteiger partial charge in [-0.15, -0.1) is 0 Å². The highest BCUT2D eigenvalue weighted by molar-refractivity contribution is 5.45. The zero-order chi connectivity index (χ0) is 18.7. The Morgan fingerprint density at radius 2 is 1.74 bits per heavy atom. The summed E-state index contributed by atoms with van der Waals surface area (Å²) in [5.41, 5.74) is 3.00. The highest BCUT2D eigenvalue weighted by atomic mass is 16.3. The van der Waals surface area contributed by atoms with Crippen molar-refractivity contribution in [3.8, 4) is 5.75 Å².